The van der Waals surface area contributed by atoms with Crippen LogP contribution in [0.1, 0.15) is 0 Å². The van der Waals surface area contributed by atoms with Gasteiger partial charge in [-0.05, 0) is 36.4 Å². The molecule has 0 saturated carbocycles. The molecular weight excluding hydrogens is 390 g/mol. The largest absolute Gasteiger partial charge is 0.647 e. The molecule has 0 unspecified atom stereocenters. The van der Waals surface area contributed by atoms with Crippen LogP contribution in [0.15, 0.2) is 91.0 Å². The number of rotatable bonds is 6. The zero-order chi connectivity index (χ0) is 16.0. The van der Waals surface area contributed by atoms with Crippen LogP contribution in [-0.4, -0.2) is 17.1 Å². The van der Waals surface area contributed by atoms with E-state index in [2.05, 4.69) is 0 Å². The van der Waals surface area contributed by atoms with Crippen molar-refractivity contribution in [1.29, 1.82) is 0 Å². The van der Waals surface area contributed by atoms with Crippen LogP contribution in [0.25, 0.3) is 0 Å². The van der Waals surface area contributed by atoms with Gasteiger partial charge in [0.2, 0.25) is 0 Å². The molecule has 3 rings (SSSR count). The predicted octanol–water partition coefficient (Wildman–Crippen LogP) is 4.95. The summed E-state index contributed by atoms with van der Waals surface area (Å²) >= 11 is 0. The second kappa shape index (κ2) is 8.60. The van der Waals surface area contributed by atoms with Gasteiger partial charge in [0.15, 0.2) is 0 Å². The molecule has 0 N–H and O–H groups in total. The van der Waals surface area contributed by atoms with Crippen LogP contribution in [0.5, 0.6) is 17.2 Å². The Morgan fingerprint density at radius 3 is 1.00 bits per heavy atom. The van der Waals surface area contributed by atoms with Gasteiger partial charge in [0.05, 0.1) is 0 Å². The number of phosphoric ester groups is 1. The molecule has 0 heterocycles. The maximum atomic E-state index is 13.1. The summed E-state index contributed by atoms with van der Waals surface area (Å²) in [5, 5.41) is 0. The second-order valence-electron chi connectivity index (χ2n) is 4.66. The van der Waals surface area contributed by atoms with Gasteiger partial charge in [0, 0.05) is 17.1 Å². The van der Waals surface area contributed by atoms with E-state index in [0.717, 1.165) is 0 Å². The van der Waals surface area contributed by atoms with Crippen molar-refractivity contribution in [2.45, 2.75) is 0 Å². The molecule has 0 spiro atoms. The maximum absolute atomic E-state index is 13.1. The number of benzene rings is 3. The molecule has 0 aliphatic carbocycles. The van der Waals surface area contributed by atoms with Gasteiger partial charge in [-0.2, -0.15) is 4.57 Å². The summed E-state index contributed by atoms with van der Waals surface area (Å²) < 4.78 is 29.6. The fourth-order valence-electron chi connectivity index (χ4n) is 1.89. The fraction of sp³-hybridized carbons (Fsp3) is 0. The smallest absolute Gasteiger partial charge is 0.386 e. The summed E-state index contributed by atoms with van der Waals surface area (Å²) in [4.78, 5) is 0. The Labute approximate surface area is 151 Å². The monoisotopic (exact) mass is 406 g/mol. The molecule has 0 atom stereocenters. The summed E-state index contributed by atoms with van der Waals surface area (Å²) in [6.07, 6.45) is 0. The first-order valence-corrected chi connectivity index (χ1v) is 8.54. The van der Waals surface area contributed by atoms with Crippen molar-refractivity contribution in [2.75, 3.05) is 0 Å². The Kier molecular flexibility index (Phi) is 6.51. The summed E-state index contributed by atoms with van der Waals surface area (Å²) in [7, 11) is -3.89. The minimum Gasteiger partial charge on any atom is -0.386 e. The van der Waals surface area contributed by atoms with Gasteiger partial charge in [0.25, 0.3) is 0 Å². The molecule has 122 valence electrons. The van der Waals surface area contributed by atoms with Crippen molar-refractivity contribution in [3.05, 3.63) is 91.0 Å². The molecular formula is C18H15O4PSe. The Morgan fingerprint density at radius 2 is 0.750 bits per heavy atom. The van der Waals surface area contributed by atoms with E-state index in [4.69, 9.17) is 13.6 Å². The summed E-state index contributed by atoms with van der Waals surface area (Å²) in [6.45, 7) is 0. The molecule has 0 fully saturated rings. The Bertz CT molecular complexity index is 674. The van der Waals surface area contributed by atoms with Crippen molar-refractivity contribution < 1.29 is 18.1 Å². The van der Waals surface area contributed by atoms with Crippen molar-refractivity contribution in [3.8, 4) is 17.2 Å². The zero-order valence-electron chi connectivity index (χ0n) is 12.6. The Morgan fingerprint density at radius 1 is 0.500 bits per heavy atom. The summed E-state index contributed by atoms with van der Waals surface area (Å²) in [6, 6.07) is 26.4. The number of para-hydroxylation sites is 3. The van der Waals surface area contributed by atoms with Crippen LogP contribution in [0, 0.1) is 0 Å². The number of phosphoric acid groups is 1. The molecule has 0 amide bonds. The van der Waals surface area contributed by atoms with E-state index in [1.807, 2.05) is 18.2 Å². The third kappa shape index (κ3) is 5.17. The van der Waals surface area contributed by atoms with Gasteiger partial charge < -0.3 is 13.6 Å². The predicted molar refractivity (Wildman–Crippen MR) is 94.6 cm³/mol. The third-order valence-corrected chi connectivity index (χ3v) is 4.18. The van der Waals surface area contributed by atoms with Crippen LogP contribution >= 0.6 is 7.82 Å². The van der Waals surface area contributed by atoms with Gasteiger partial charge in [-0.25, -0.2) is 0 Å². The van der Waals surface area contributed by atoms with Crippen LogP contribution in [0.3, 0.4) is 0 Å². The first-order chi connectivity index (χ1) is 11.2. The third-order valence-electron chi connectivity index (χ3n) is 2.88. The second-order valence-corrected chi connectivity index (χ2v) is 6.10. The van der Waals surface area contributed by atoms with E-state index in [1.54, 1.807) is 72.8 Å². The van der Waals surface area contributed by atoms with Crippen molar-refractivity contribution in [1.82, 2.24) is 0 Å². The quantitative estimate of drug-likeness (QED) is 0.430. The fourth-order valence-corrected chi connectivity index (χ4v) is 3.14. The Balaban J connectivity index is 0.00000208. The molecule has 24 heavy (non-hydrogen) atoms. The molecule has 0 aromatic heterocycles. The van der Waals surface area contributed by atoms with Crippen LogP contribution < -0.4 is 13.6 Å². The number of hydrogen-bond donors (Lipinski definition) is 0. The van der Waals surface area contributed by atoms with E-state index >= 15 is 0 Å². The van der Waals surface area contributed by atoms with E-state index in [1.165, 1.54) is 0 Å². The van der Waals surface area contributed by atoms with Crippen LogP contribution in [0.2, 0.25) is 0 Å². The van der Waals surface area contributed by atoms with Gasteiger partial charge in [0.1, 0.15) is 17.2 Å². The standard InChI is InChI=1S/C18H15O4P.Se/c19-23(20-16-10-4-1-5-11-16,21-17-12-6-2-7-13-17)22-18-14-8-3-9-15-18;/h1-15H;. The van der Waals surface area contributed by atoms with Gasteiger partial charge >= 0.3 is 7.82 Å². The average Bonchev–Trinajstić information content (AvgIpc) is 2.57. The molecule has 0 aliphatic rings. The summed E-state index contributed by atoms with van der Waals surface area (Å²) in [5.74, 6) is 1.22. The number of hydrogen-bond acceptors (Lipinski definition) is 4. The van der Waals surface area contributed by atoms with Crippen molar-refractivity contribution in [3.63, 3.8) is 0 Å². The first-order valence-electron chi connectivity index (χ1n) is 7.07. The van der Waals surface area contributed by atoms with E-state index in [0.29, 0.717) is 17.2 Å². The zero-order valence-corrected chi connectivity index (χ0v) is 15.3. The first kappa shape index (κ1) is 18.2. The minimum absolute atomic E-state index is 0. The molecule has 2 radical (unpaired) electrons. The molecule has 4 nitrogen and oxygen atoms in total. The van der Waals surface area contributed by atoms with Gasteiger partial charge in [-0.1, -0.05) is 54.6 Å². The van der Waals surface area contributed by atoms with Gasteiger partial charge in [-0.15, -0.1) is 0 Å². The van der Waals surface area contributed by atoms with E-state index < -0.39 is 7.82 Å². The molecule has 0 bridgehead atoms. The topological polar surface area (TPSA) is 44.8 Å². The minimum atomic E-state index is -3.89. The molecule has 0 saturated heterocycles. The molecule has 0 aliphatic heterocycles. The van der Waals surface area contributed by atoms with Crippen LogP contribution in [-0.2, 0) is 4.57 Å². The van der Waals surface area contributed by atoms with Crippen LogP contribution in [0.4, 0.5) is 0 Å². The maximum Gasteiger partial charge on any atom is 0.647 e. The van der Waals surface area contributed by atoms with E-state index in [9.17, 15) is 4.57 Å². The molecule has 3 aromatic rings. The summed E-state index contributed by atoms with van der Waals surface area (Å²) in [5.41, 5.74) is 0. The Hall–Kier alpha value is -2.19. The molecule has 6 heteroatoms. The van der Waals surface area contributed by atoms with E-state index in [-0.39, 0.29) is 17.1 Å². The normalized spacial score (nSPS) is 10.3. The average molecular weight is 405 g/mol. The molecule has 3 aromatic carbocycles. The van der Waals surface area contributed by atoms with Crippen molar-refractivity contribution >= 4 is 24.9 Å². The van der Waals surface area contributed by atoms with Gasteiger partial charge in [-0.3, -0.25) is 0 Å². The van der Waals surface area contributed by atoms with Crippen molar-refractivity contribution in [2.24, 2.45) is 0 Å². The SMILES string of the molecule is O=P(Oc1ccccc1)(Oc1ccccc1)Oc1ccccc1.[Se].